The highest BCUT2D eigenvalue weighted by atomic mass is 16.3. The highest BCUT2D eigenvalue weighted by Gasteiger charge is 2.37. The van der Waals surface area contributed by atoms with Crippen LogP contribution in [0.4, 0.5) is 0 Å². The molecule has 2 heteroatoms. The molecule has 76 valence electrons. The predicted octanol–water partition coefficient (Wildman–Crippen LogP) is 1.49. The van der Waals surface area contributed by atoms with Crippen molar-refractivity contribution < 1.29 is 5.11 Å². The van der Waals surface area contributed by atoms with Crippen LogP contribution in [0, 0.1) is 11.8 Å². The van der Waals surface area contributed by atoms with Crippen LogP contribution >= 0.6 is 0 Å². The number of hydrogen-bond donors (Lipinski definition) is 1. The predicted molar refractivity (Wildman–Crippen MR) is 53.6 cm³/mol. The number of likely N-dealkylation sites (tertiary alicyclic amines) is 1. The molecule has 1 N–H and O–H groups in total. The minimum Gasteiger partial charge on any atom is -0.392 e. The molecular formula is C11H21NO. The van der Waals surface area contributed by atoms with Crippen molar-refractivity contribution in [3.63, 3.8) is 0 Å². The third kappa shape index (κ3) is 1.89. The molecule has 1 heterocycles. The molecule has 0 aromatic rings. The van der Waals surface area contributed by atoms with Crippen LogP contribution in [0.25, 0.3) is 0 Å². The van der Waals surface area contributed by atoms with Crippen LogP contribution < -0.4 is 0 Å². The van der Waals surface area contributed by atoms with E-state index < -0.39 is 0 Å². The normalized spacial score (nSPS) is 40.6. The SMILES string of the molecule is CCCN1C[C@@H]2CCC[C@@H](C1)C2O. The first-order valence-electron chi connectivity index (χ1n) is 5.71. The lowest BCUT2D eigenvalue weighted by molar-refractivity contribution is -0.0491. The summed E-state index contributed by atoms with van der Waals surface area (Å²) in [6, 6.07) is 0. The summed E-state index contributed by atoms with van der Waals surface area (Å²) in [4.78, 5) is 2.54. The zero-order valence-electron chi connectivity index (χ0n) is 8.58. The number of fused-ring (bicyclic) bond motifs is 2. The maximum absolute atomic E-state index is 9.95. The van der Waals surface area contributed by atoms with Gasteiger partial charge in [0.1, 0.15) is 0 Å². The van der Waals surface area contributed by atoms with Gasteiger partial charge in [-0.1, -0.05) is 13.3 Å². The Balaban J connectivity index is 1.95. The van der Waals surface area contributed by atoms with E-state index in [2.05, 4.69) is 11.8 Å². The highest BCUT2D eigenvalue weighted by molar-refractivity contribution is 4.90. The summed E-state index contributed by atoms with van der Waals surface area (Å²) in [5.74, 6) is 1.16. The summed E-state index contributed by atoms with van der Waals surface area (Å²) in [6.45, 7) is 5.75. The van der Waals surface area contributed by atoms with Crippen LogP contribution in [0.3, 0.4) is 0 Å². The first kappa shape index (κ1) is 9.47. The summed E-state index contributed by atoms with van der Waals surface area (Å²) >= 11 is 0. The van der Waals surface area contributed by atoms with Crippen LogP contribution in [0.15, 0.2) is 0 Å². The van der Waals surface area contributed by atoms with Crippen molar-refractivity contribution in [1.82, 2.24) is 4.90 Å². The molecule has 0 unspecified atom stereocenters. The maximum atomic E-state index is 9.95. The minimum absolute atomic E-state index is 0.0156. The van der Waals surface area contributed by atoms with Gasteiger partial charge in [0.2, 0.25) is 0 Å². The molecule has 1 saturated heterocycles. The quantitative estimate of drug-likeness (QED) is 0.701. The molecule has 2 aliphatic rings. The van der Waals surface area contributed by atoms with E-state index in [-0.39, 0.29) is 6.10 Å². The number of piperidine rings is 1. The van der Waals surface area contributed by atoms with Gasteiger partial charge in [0.15, 0.2) is 0 Å². The van der Waals surface area contributed by atoms with Gasteiger partial charge in [-0.05, 0) is 37.6 Å². The van der Waals surface area contributed by atoms with E-state index in [4.69, 9.17) is 0 Å². The van der Waals surface area contributed by atoms with Crippen molar-refractivity contribution in [3.05, 3.63) is 0 Å². The molecule has 2 fully saturated rings. The summed E-state index contributed by atoms with van der Waals surface area (Å²) in [7, 11) is 0. The second-order valence-corrected chi connectivity index (χ2v) is 4.70. The van der Waals surface area contributed by atoms with Gasteiger partial charge in [0.05, 0.1) is 6.10 Å². The first-order chi connectivity index (χ1) is 6.31. The van der Waals surface area contributed by atoms with Crippen molar-refractivity contribution in [2.45, 2.75) is 38.7 Å². The van der Waals surface area contributed by atoms with Crippen LogP contribution in [0.2, 0.25) is 0 Å². The van der Waals surface area contributed by atoms with Gasteiger partial charge >= 0.3 is 0 Å². The molecule has 1 saturated carbocycles. The van der Waals surface area contributed by atoms with E-state index >= 15 is 0 Å². The topological polar surface area (TPSA) is 23.5 Å². The molecule has 2 nitrogen and oxygen atoms in total. The van der Waals surface area contributed by atoms with Crippen LogP contribution in [-0.2, 0) is 0 Å². The van der Waals surface area contributed by atoms with Crippen LogP contribution in [0.5, 0.6) is 0 Å². The largest absolute Gasteiger partial charge is 0.392 e. The van der Waals surface area contributed by atoms with Gasteiger partial charge in [0.25, 0.3) is 0 Å². The average molecular weight is 183 g/mol. The first-order valence-corrected chi connectivity index (χ1v) is 5.71. The van der Waals surface area contributed by atoms with Gasteiger partial charge in [-0.3, -0.25) is 0 Å². The summed E-state index contributed by atoms with van der Waals surface area (Å²) in [6.07, 6.45) is 5.10. The minimum atomic E-state index is 0.0156. The van der Waals surface area contributed by atoms with Crippen LogP contribution in [-0.4, -0.2) is 35.7 Å². The Labute approximate surface area is 80.9 Å². The number of aliphatic hydroxyl groups excluding tert-OH is 1. The Morgan fingerprint density at radius 2 is 1.85 bits per heavy atom. The molecule has 0 aromatic carbocycles. The van der Waals surface area contributed by atoms with Crippen molar-refractivity contribution in [2.75, 3.05) is 19.6 Å². The van der Waals surface area contributed by atoms with Crippen LogP contribution in [0.1, 0.15) is 32.6 Å². The van der Waals surface area contributed by atoms with Gasteiger partial charge in [-0.15, -0.1) is 0 Å². The van der Waals surface area contributed by atoms with Gasteiger partial charge in [0, 0.05) is 13.1 Å². The highest BCUT2D eigenvalue weighted by Crippen LogP contribution is 2.34. The zero-order chi connectivity index (χ0) is 9.26. The second kappa shape index (κ2) is 3.97. The summed E-state index contributed by atoms with van der Waals surface area (Å²) in [5.41, 5.74) is 0. The molecule has 1 aliphatic carbocycles. The van der Waals surface area contributed by atoms with Gasteiger partial charge in [-0.2, -0.15) is 0 Å². The third-order valence-electron chi connectivity index (χ3n) is 3.64. The van der Waals surface area contributed by atoms with E-state index in [0.29, 0.717) is 11.8 Å². The summed E-state index contributed by atoms with van der Waals surface area (Å²) in [5, 5.41) is 9.95. The fourth-order valence-corrected chi connectivity index (χ4v) is 3.00. The van der Waals surface area contributed by atoms with Gasteiger partial charge < -0.3 is 10.0 Å². The van der Waals surface area contributed by atoms with E-state index in [1.54, 1.807) is 0 Å². The number of hydrogen-bond acceptors (Lipinski definition) is 2. The molecule has 0 aromatic heterocycles. The lowest BCUT2D eigenvalue weighted by Gasteiger charge is -2.45. The Hall–Kier alpha value is -0.0800. The molecule has 0 radical (unpaired) electrons. The molecule has 1 aliphatic heterocycles. The van der Waals surface area contributed by atoms with Crippen molar-refractivity contribution >= 4 is 0 Å². The van der Waals surface area contributed by atoms with Crippen molar-refractivity contribution in [2.24, 2.45) is 11.8 Å². The second-order valence-electron chi connectivity index (χ2n) is 4.70. The molecule has 2 atom stereocenters. The summed E-state index contributed by atoms with van der Waals surface area (Å²) < 4.78 is 0. The number of rotatable bonds is 2. The van der Waals surface area contributed by atoms with E-state index in [0.717, 1.165) is 13.1 Å². The Morgan fingerprint density at radius 1 is 1.23 bits per heavy atom. The maximum Gasteiger partial charge on any atom is 0.0620 e. The zero-order valence-corrected chi connectivity index (χ0v) is 8.58. The standard InChI is InChI=1S/C11H21NO/c1-2-6-12-7-9-4-3-5-10(8-12)11(9)13/h9-11,13H,2-8H2,1H3/t9-,10-/m0/s1. The van der Waals surface area contributed by atoms with E-state index in [9.17, 15) is 5.11 Å². The molecule has 2 rings (SSSR count). The molecule has 2 bridgehead atoms. The lowest BCUT2D eigenvalue weighted by atomic mass is 9.75. The third-order valence-corrected chi connectivity index (χ3v) is 3.64. The van der Waals surface area contributed by atoms with E-state index in [1.165, 1.54) is 32.2 Å². The average Bonchev–Trinajstić information content (AvgIpc) is 2.07. The molecular weight excluding hydrogens is 162 g/mol. The Kier molecular flexibility index (Phi) is 2.89. The molecule has 0 spiro atoms. The van der Waals surface area contributed by atoms with Crippen molar-refractivity contribution in [3.8, 4) is 0 Å². The Morgan fingerprint density at radius 3 is 2.38 bits per heavy atom. The number of aliphatic hydroxyl groups is 1. The van der Waals surface area contributed by atoms with E-state index in [1.807, 2.05) is 0 Å². The fourth-order valence-electron chi connectivity index (χ4n) is 3.00. The lowest BCUT2D eigenvalue weighted by Crippen LogP contribution is -2.51. The fraction of sp³-hybridized carbons (Fsp3) is 1.00. The monoisotopic (exact) mass is 183 g/mol. The van der Waals surface area contributed by atoms with Gasteiger partial charge in [-0.25, -0.2) is 0 Å². The molecule has 13 heavy (non-hydrogen) atoms. The molecule has 0 amide bonds. The van der Waals surface area contributed by atoms with Crippen molar-refractivity contribution in [1.29, 1.82) is 0 Å². The Bertz CT molecular complexity index is 157. The smallest absolute Gasteiger partial charge is 0.0620 e. The number of nitrogens with zero attached hydrogens (tertiary/aromatic N) is 1.